The van der Waals surface area contributed by atoms with Crippen LogP contribution in [-0.2, 0) is 6.18 Å². The third kappa shape index (κ3) is 2.84. The van der Waals surface area contributed by atoms with Gasteiger partial charge < -0.3 is 10.1 Å². The summed E-state index contributed by atoms with van der Waals surface area (Å²) in [5.41, 5.74) is 0.152. The Labute approximate surface area is 114 Å². The lowest BCUT2D eigenvalue weighted by atomic mass is 10.1. The molecule has 1 heterocycles. The van der Waals surface area contributed by atoms with E-state index in [1.807, 2.05) is 0 Å². The van der Waals surface area contributed by atoms with Crippen LogP contribution in [0, 0.1) is 0 Å². The number of nitrogens with zero attached hydrogens (tertiary/aromatic N) is 1. The van der Waals surface area contributed by atoms with Crippen molar-refractivity contribution in [3.05, 3.63) is 42.0 Å². The Balaban J connectivity index is 2.46. The van der Waals surface area contributed by atoms with Crippen molar-refractivity contribution in [3.8, 4) is 17.0 Å². The molecule has 2 rings (SSSR count). The first-order valence-electron chi connectivity index (χ1n) is 5.86. The maximum atomic E-state index is 12.7. The van der Waals surface area contributed by atoms with Crippen molar-refractivity contribution in [3.63, 3.8) is 0 Å². The van der Waals surface area contributed by atoms with Crippen molar-refractivity contribution in [2.24, 2.45) is 0 Å². The molecule has 1 N–H and O–H groups in total. The van der Waals surface area contributed by atoms with Gasteiger partial charge in [0.15, 0.2) is 11.6 Å². The number of methoxy groups -OCH3 is 1. The van der Waals surface area contributed by atoms with Gasteiger partial charge in [0.05, 0.1) is 18.4 Å². The van der Waals surface area contributed by atoms with E-state index in [0.717, 1.165) is 12.1 Å². The van der Waals surface area contributed by atoms with Crippen LogP contribution in [0.15, 0.2) is 36.4 Å². The van der Waals surface area contributed by atoms with Crippen molar-refractivity contribution in [1.29, 1.82) is 0 Å². The van der Waals surface area contributed by atoms with Gasteiger partial charge in [-0.15, -0.1) is 0 Å². The second-order valence-corrected chi connectivity index (χ2v) is 4.08. The quantitative estimate of drug-likeness (QED) is 0.929. The molecule has 106 valence electrons. The molecular weight excluding hydrogens is 269 g/mol. The molecule has 0 atom stereocenters. The highest BCUT2D eigenvalue weighted by atomic mass is 19.4. The minimum Gasteiger partial charge on any atom is -0.493 e. The maximum Gasteiger partial charge on any atom is 0.416 e. The lowest BCUT2D eigenvalue weighted by molar-refractivity contribution is -0.137. The number of benzene rings is 1. The summed E-state index contributed by atoms with van der Waals surface area (Å²) < 4.78 is 43.2. The first-order chi connectivity index (χ1) is 9.45. The Morgan fingerprint density at radius 2 is 1.90 bits per heavy atom. The molecule has 1 aromatic carbocycles. The molecule has 3 nitrogen and oxygen atoms in total. The average Bonchev–Trinajstić information content (AvgIpc) is 2.45. The number of rotatable bonds is 3. The fourth-order valence-electron chi connectivity index (χ4n) is 1.81. The Kier molecular flexibility index (Phi) is 3.83. The number of hydrogen-bond acceptors (Lipinski definition) is 3. The average molecular weight is 282 g/mol. The van der Waals surface area contributed by atoms with Crippen LogP contribution in [0.2, 0.25) is 0 Å². The molecule has 0 aliphatic heterocycles. The fourth-order valence-corrected chi connectivity index (χ4v) is 1.81. The summed E-state index contributed by atoms with van der Waals surface area (Å²) in [6.07, 6.45) is -4.37. The first kappa shape index (κ1) is 14.2. The van der Waals surface area contributed by atoms with E-state index in [9.17, 15) is 13.2 Å². The first-order valence-corrected chi connectivity index (χ1v) is 5.86. The molecule has 20 heavy (non-hydrogen) atoms. The summed E-state index contributed by atoms with van der Waals surface area (Å²) >= 11 is 0. The zero-order chi connectivity index (χ0) is 14.8. The molecule has 0 aliphatic rings. The molecule has 0 unspecified atom stereocenters. The highest BCUT2D eigenvalue weighted by molar-refractivity contribution is 5.65. The molecule has 1 aromatic heterocycles. The molecule has 0 bridgehead atoms. The van der Waals surface area contributed by atoms with E-state index in [4.69, 9.17) is 4.74 Å². The highest BCUT2D eigenvalue weighted by Gasteiger charge is 2.30. The molecule has 2 aromatic rings. The van der Waals surface area contributed by atoms with E-state index < -0.39 is 11.7 Å². The van der Waals surface area contributed by atoms with Gasteiger partial charge in [0.25, 0.3) is 0 Å². The van der Waals surface area contributed by atoms with Crippen LogP contribution in [-0.4, -0.2) is 19.1 Å². The predicted molar refractivity (Wildman–Crippen MR) is 70.8 cm³/mol. The minimum atomic E-state index is -4.37. The monoisotopic (exact) mass is 282 g/mol. The Hall–Kier alpha value is -2.24. The zero-order valence-electron chi connectivity index (χ0n) is 11.0. The zero-order valence-corrected chi connectivity index (χ0v) is 11.0. The van der Waals surface area contributed by atoms with Crippen molar-refractivity contribution in [1.82, 2.24) is 4.98 Å². The molecule has 0 saturated carbocycles. The Morgan fingerprint density at radius 1 is 1.15 bits per heavy atom. The van der Waals surface area contributed by atoms with E-state index in [-0.39, 0.29) is 0 Å². The van der Waals surface area contributed by atoms with Crippen LogP contribution in [0.25, 0.3) is 11.3 Å². The fraction of sp³-hybridized carbons (Fsp3) is 0.214. The van der Waals surface area contributed by atoms with E-state index in [0.29, 0.717) is 22.8 Å². The summed E-state index contributed by atoms with van der Waals surface area (Å²) in [6, 6.07) is 8.34. The Bertz CT molecular complexity index is 612. The summed E-state index contributed by atoms with van der Waals surface area (Å²) in [5, 5.41) is 2.84. The van der Waals surface area contributed by atoms with Gasteiger partial charge in [-0.25, -0.2) is 4.98 Å². The third-order valence-corrected chi connectivity index (χ3v) is 2.80. The van der Waals surface area contributed by atoms with E-state index >= 15 is 0 Å². The van der Waals surface area contributed by atoms with Crippen molar-refractivity contribution in [2.45, 2.75) is 6.18 Å². The lowest BCUT2D eigenvalue weighted by Gasteiger charge is -2.11. The lowest BCUT2D eigenvalue weighted by Crippen LogP contribution is -2.04. The molecule has 0 amide bonds. The normalized spacial score (nSPS) is 11.2. The number of halogens is 3. The van der Waals surface area contributed by atoms with Crippen LogP contribution in [0.4, 0.5) is 19.0 Å². The number of aromatic nitrogens is 1. The van der Waals surface area contributed by atoms with Gasteiger partial charge in [-0.05, 0) is 24.3 Å². The molecule has 0 spiro atoms. The van der Waals surface area contributed by atoms with Gasteiger partial charge in [-0.1, -0.05) is 12.1 Å². The molecule has 0 radical (unpaired) electrons. The van der Waals surface area contributed by atoms with Gasteiger partial charge in [-0.2, -0.15) is 13.2 Å². The second kappa shape index (κ2) is 5.40. The summed E-state index contributed by atoms with van der Waals surface area (Å²) in [5.74, 6) is 1.01. The van der Waals surface area contributed by atoms with Crippen molar-refractivity contribution >= 4 is 5.82 Å². The smallest absolute Gasteiger partial charge is 0.416 e. The van der Waals surface area contributed by atoms with Crippen LogP contribution < -0.4 is 10.1 Å². The minimum absolute atomic E-state index is 0.402. The van der Waals surface area contributed by atoms with E-state index in [2.05, 4.69) is 10.3 Å². The number of anilines is 1. The number of pyridine rings is 1. The summed E-state index contributed by atoms with van der Waals surface area (Å²) in [7, 11) is 3.17. The van der Waals surface area contributed by atoms with E-state index in [1.54, 1.807) is 25.2 Å². The molecular formula is C14H13F3N2O. The Morgan fingerprint density at radius 3 is 2.50 bits per heavy atom. The van der Waals surface area contributed by atoms with Gasteiger partial charge in [0, 0.05) is 12.6 Å². The van der Waals surface area contributed by atoms with Crippen LogP contribution in [0.5, 0.6) is 5.75 Å². The van der Waals surface area contributed by atoms with Crippen LogP contribution in [0.3, 0.4) is 0 Å². The van der Waals surface area contributed by atoms with Crippen molar-refractivity contribution in [2.75, 3.05) is 19.5 Å². The number of alkyl halides is 3. The summed E-state index contributed by atoms with van der Waals surface area (Å²) in [4.78, 5) is 4.25. The van der Waals surface area contributed by atoms with Crippen LogP contribution >= 0.6 is 0 Å². The van der Waals surface area contributed by atoms with Gasteiger partial charge in [-0.3, -0.25) is 0 Å². The standard InChI is InChI=1S/C14H13F3N2O/c1-18-13-12(20-2)7-6-11(19-13)9-4-3-5-10(8-9)14(15,16)17/h3-8H,1-2H3,(H,18,19). The number of nitrogens with one attached hydrogen (secondary N) is 1. The van der Waals surface area contributed by atoms with Gasteiger partial charge in [0.1, 0.15) is 0 Å². The summed E-state index contributed by atoms with van der Waals surface area (Å²) in [6.45, 7) is 0. The molecule has 0 fully saturated rings. The van der Waals surface area contributed by atoms with Gasteiger partial charge >= 0.3 is 6.18 Å². The van der Waals surface area contributed by atoms with Crippen LogP contribution in [0.1, 0.15) is 5.56 Å². The highest BCUT2D eigenvalue weighted by Crippen LogP contribution is 2.33. The van der Waals surface area contributed by atoms with E-state index in [1.165, 1.54) is 13.2 Å². The maximum absolute atomic E-state index is 12.7. The molecule has 0 saturated heterocycles. The predicted octanol–water partition coefficient (Wildman–Crippen LogP) is 3.82. The van der Waals surface area contributed by atoms with Gasteiger partial charge in [0.2, 0.25) is 0 Å². The largest absolute Gasteiger partial charge is 0.493 e. The number of hydrogen-bond donors (Lipinski definition) is 1. The SMILES string of the molecule is CNc1nc(-c2cccc(C(F)(F)F)c2)ccc1OC. The topological polar surface area (TPSA) is 34.2 Å². The molecule has 6 heteroatoms. The third-order valence-electron chi connectivity index (χ3n) is 2.80. The van der Waals surface area contributed by atoms with Crippen molar-refractivity contribution < 1.29 is 17.9 Å². The second-order valence-electron chi connectivity index (χ2n) is 4.08. The molecule has 0 aliphatic carbocycles. The number of ether oxygens (including phenoxy) is 1.